The molecule has 1 aromatic carbocycles. The number of aryl methyl sites for hydroxylation is 1. The van der Waals surface area contributed by atoms with Crippen molar-refractivity contribution in [1.82, 2.24) is 15.2 Å². The van der Waals surface area contributed by atoms with E-state index in [1.807, 2.05) is 31.2 Å². The number of likely N-dealkylation sites (tertiary alicyclic amines) is 1. The molecule has 1 aromatic heterocycles. The van der Waals surface area contributed by atoms with Crippen LogP contribution in [-0.2, 0) is 11.3 Å². The Kier molecular flexibility index (Phi) is 6.56. The number of oxazole rings is 1. The Morgan fingerprint density at radius 3 is 2.69 bits per heavy atom. The number of nitrogens with zero attached hydrogens (tertiary/aromatic N) is 2. The number of amides is 1. The zero-order valence-corrected chi connectivity index (χ0v) is 17.9. The van der Waals surface area contributed by atoms with Crippen LogP contribution in [0, 0.1) is 12.8 Å². The van der Waals surface area contributed by atoms with Crippen LogP contribution in [0.15, 0.2) is 28.7 Å². The minimum Gasteiger partial charge on any atom is -0.441 e. The topological polar surface area (TPSA) is 58.4 Å². The van der Waals surface area contributed by atoms with Gasteiger partial charge < -0.3 is 9.73 Å². The lowest BCUT2D eigenvalue weighted by molar-refractivity contribution is -0.127. The predicted molar refractivity (Wildman–Crippen MR) is 115 cm³/mol. The van der Waals surface area contributed by atoms with E-state index >= 15 is 0 Å². The molecule has 2 aromatic rings. The summed E-state index contributed by atoms with van der Waals surface area (Å²) in [6.07, 6.45) is 8.07. The second kappa shape index (κ2) is 9.31. The van der Waals surface area contributed by atoms with Crippen LogP contribution >= 0.6 is 11.6 Å². The van der Waals surface area contributed by atoms with Gasteiger partial charge in [0.25, 0.3) is 0 Å². The van der Waals surface area contributed by atoms with E-state index in [1.165, 1.54) is 19.3 Å². The molecule has 5 nitrogen and oxygen atoms in total. The summed E-state index contributed by atoms with van der Waals surface area (Å²) in [5.74, 6) is 1.77. The van der Waals surface area contributed by atoms with Crippen molar-refractivity contribution in [2.24, 2.45) is 5.92 Å². The molecule has 1 N–H and O–H groups in total. The maximum absolute atomic E-state index is 12.8. The molecular weight excluding hydrogens is 386 g/mol. The van der Waals surface area contributed by atoms with E-state index in [0.717, 1.165) is 62.3 Å². The quantitative estimate of drug-likeness (QED) is 0.749. The third-order valence-electron chi connectivity index (χ3n) is 6.19. The first-order chi connectivity index (χ1) is 14.1. The average molecular weight is 416 g/mol. The van der Waals surface area contributed by atoms with Crippen LogP contribution in [0.2, 0.25) is 5.02 Å². The first kappa shape index (κ1) is 20.4. The number of carbonyl (C=O) groups is 1. The second-order valence-electron chi connectivity index (χ2n) is 8.45. The van der Waals surface area contributed by atoms with Crippen molar-refractivity contribution in [2.45, 2.75) is 64.5 Å². The van der Waals surface area contributed by atoms with Crippen molar-refractivity contribution in [3.63, 3.8) is 0 Å². The van der Waals surface area contributed by atoms with Gasteiger partial charge >= 0.3 is 0 Å². The Bertz CT molecular complexity index is 827. The van der Waals surface area contributed by atoms with Gasteiger partial charge in [0, 0.05) is 29.7 Å². The van der Waals surface area contributed by atoms with Crippen molar-refractivity contribution in [3.8, 4) is 11.5 Å². The number of nitrogens with one attached hydrogen (secondary N) is 1. The van der Waals surface area contributed by atoms with Gasteiger partial charge in [0.05, 0.1) is 11.6 Å². The highest BCUT2D eigenvalue weighted by Gasteiger charge is 2.28. The summed E-state index contributed by atoms with van der Waals surface area (Å²) in [7, 11) is 0. The molecule has 1 aliphatic carbocycles. The monoisotopic (exact) mass is 415 g/mol. The number of benzene rings is 1. The molecule has 1 saturated carbocycles. The molecule has 0 radical (unpaired) electrons. The van der Waals surface area contributed by atoms with E-state index in [9.17, 15) is 4.79 Å². The van der Waals surface area contributed by atoms with Crippen LogP contribution in [0.25, 0.3) is 11.5 Å². The molecule has 2 fully saturated rings. The highest BCUT2D eigenvalue weighted by Crippen LogP contribution is 2.26. The van der Waals surface area contributed by atoms with Gasteiger partial charge in [0.1, 0.15) is 5.76 Å². The van der Waals surface area contributed by atoms with Crippen LogP contribution in [0.5, 0.6) is 0 Å². The van der Waals surface area contributed by atoms with Crippen molar-refractivity contribution in [3.05, 3.63) is 40.7 Å². The number of hydrogen-bond donors (Lipinski definition) is 1. The van der Waals surface area contributed by atoms with E-state index in [0.29, 0.717) is 17.0 Å². The summed E-state index contributed by atoms with van der Waals surface area (Å²) in [5.41, 5.74) is 1.87. The van der Waals surface area contributed by atoms with Crippen LogP contribution in [0.3, 0.4) is 0 Å². The number of halogens is 1. The number of carbonyl (C=O) groups excluding carboxylic acids is 1. The van der Waals surface area contributed by atoms with Gasteiger partial charge in [-0.15, -0.1) is 0 Å². The van der Waals surface area contributed by atoms with E-state index in [1.54, 1.807) is 0 Å². The SMILES string of the molecule is Cc1oc(-c2ccc(Cl)cc2)nc1CN1CCCC(C(=O)NC2CCCCC2)C1. The fourth-order valence-corrected chi connectivity index (χ4v) is 4.61. The minimum atomic E-state index is 0.0774. The molecule has 1 unspecified atom stereocenters. The van der Waals surface area contributed by atoms with Gasteiger partial charge in [0.15, 0.2) is 0 Å². The fourth-order valence-electron chi connectivity index (χ4n) is 4.48. The highest BCUT2D eigenvalue weighted by molar-refractivity contribution is 6.30. The van der Waals surface area contributed by atoms with Gasteiger partial charge in [-0.3, -0.25) is 9.69 Å². The molecule has 29 heavy (non-hydrogen) atoms. The first-order valence-electron chi connectivity index (χ1n) is 10.8. The highest BCUT2D eigenvalue weighted by atomic mass is 35.5. The molecule has 1 amide bonds. The Balaban J connectivity index is 1.36. The predicted octanol–water partition coefficient (Wildman–Crippen LogP) is 4.96. The third-order valence-corrected chi connectivity index (χ3v) is 6.44. The summed E-state index contributed by atoms with van der Waals surface area (Å²) in [4.78, 5) is 19.8. The number of rotatable bonds is 5. The number of piperidine rings is 1. The molecule has 1 saturated heterocycles. The third kappa shape index (κ3) is 5.20. The van der Waals surface area contributed by atoms with Crippen molar-refractivity contribution in [1.29, 1.82) is 0 Å². The zero-order chi connectivity index (χ0) is 20.2. The van der Waals surface area contributed by atoms with E-state index in [4.69, 9.17) is 21.0 Å². The van der Waals surface area contributed by atoms with Crippen LogP contribution in [-0.4, -0.2) is 34.9 Å². The molecular formula is C23H30ClN3O2. The minimum absolute atomic E-state index is 0.0774. The zero-order valence-electron chi connectivity index (χ0n) is 17.1. The van der Waals surface area contributed by atoms with Crippen LogP contribution in [0.1, 0.15) is 56.4 Å². The standard InChI is InChI=1S/C23H30ClN3O2/c1-16-21(26-23(29-16)17-9-11-19(24)12-10-17)15-27-13-5-6-18(14-27)22(28)25-20-7-3-2-4-8-20/h9-12,18,20H,2-8,13-15H2,1H3,(H,25,28). The number of hydrogen-bond acceptors (Lipinski definition) is 4. The molecule has 0 spiro atoms. The van der Waals surface area contributed by atoms with Crippen molar-refractivity contribution in [2.75, 3.05) is 13.1 Å². The van der Waals surface area contributed by atoms with E-state index in [-0.39, 0.29) is 11.8 Å². The summed E-state index contributed by atoms with van der Waals surface area (Å²) in [6.45, 7) is 4.46. The molecule has 6 heteroatoms. The van der Waals surface area contributed by atoms with Gasteiger partial charge in [-0.1, -0.05) is 30.9 Å². The molecule has 1 atom stereocenters. The molecule has 1 aliphatic heterocycles. The summed E-state index contributed by atoms with van der Waals surface area (Å²) in [6, 6.07) is 7.91. The summed E-state index contributed by atoms with van der Waals surface area (Å²) < 4.78 is 5.90. The van der Waals surface area contributed by atoms with Gasteiger partial charge in [-0.2, -0.15) is 0 Å². The smallest absolute Gasteiger partial charge is 0.226 e. The first-order valence-corrected chi connectivity index (χ1v) is 11.2. The summed E-state index contributed by atoms with van der Waals surface area (Å²) in [5, 5.41) is 4.00. The Morgan fingerprint density at radius 2 is 1.93 bits per heavy atom. The second-order valence-corrected chi connectivity index (χ2v) is 8.88. The molecule has 2 heterocycles. The lowest BCUT2D eigenvalue weighted by atomic mass is 9.93. The van der Waals surface area contributed by atoms with Gasteiger partial charge in [-0.25, -0.2) is 4.98 Å². The lowest BCUT2D eigenvalue weighted by Crippen LogP contribution is -2.46. The molecule has 156 valence electrons. The van der Waals surface area contributed by atoms with Crippen LogP contribution in [0.4, 0.5) is 0 Å². The fraction of sp³-hybridized carbons (Fsp3) is 0.565. The normalized spacial score (nSPS) is 21.2. The Morgan fingerprint density at radius 1 is 1.17 bits per heavy atom. The van der Waals surface area contributed by atoms with Crippen LogP contribution < -0.4 is 5.32 Å². The molecule has 2 aliphatic rings. The van der Waals surface area contributed by atoms with Crippen molar-refractivity contribution < 1.29 is 9.21 Å². The van der Waals surface area contributed by atoms with E-state index in [2.05, 4.69) is 10.2 Å². The Hall–Kier alpha value is -1.85. The number of aromatic nitrogens is 1. The molecule has 0 bridgehead atoms. The summed E-state index contributed by atoms with van der Waals surface area (Å²) >= 11 is 5.97. The van der Waals surface area contributed by atoms with E-state index < -0.39 is 0 Å². The Labute approximate surface area is 177 Å². The van der Waals surface area contributed by atoms with Gasteiger partial charge in [0.2, 0.25) is 11.8 Å². The molecule has 4 rings (SSSR count). The lowest BCUT2D eigenvalue weighted by Gasteiger charge is -2.33. The maximum Gasteiger partial charge on any atom is 0.226 e. The largest absolute Gasteiger partial charge is 0.441 e. The van der Waals surface area contributed by atoms with Crippen molar-refractivity contribution >= 4 is 17.5 Å². The van der Waals surface area contributed by atoms with Gasteiger partial charge in [-0.05, 0) is 63.4 Å². The maximum atomic E-state index is 12.8. The average Bonchev–Trinajstić information content (AvgIpc) is 3.10.